The number of nitrogens with zero attached hydrogens (tertiary/aromatic N) is 2. The van der Waals surface area contributed by atoms with Gasteiger partial charge in [0.2, 0.25) is 0 Å². The first-order chi connectivity index (χ1) is 13.6. The van der Waals surface area contributed by atoms with Gasteiger partial charge >= 0.3 is 0 Å². The zero-order chi connectivity index (χ0) is 19.5. The van der Waals surface area contributed by atoms with Gasteiger partial charge in [-0.3, -0.25) is 4.79 Å². The Morgan fingerprint density at radius 3 is 2.46 bits per heavy atom. The third kappa shape index (κ3) is 4.04. The van der Waals surface area contributed by atoms with Crippen LogP contribution in [0.3, 0.4) is 0 Å². The van der Waals surface area contributed by atoms with Crippen molar-refractivity contribution in [1.82, 2.24) is 9.88 Å². The van der Waals surface area contributed by atoms with Crippen LogP contribution in [0, 0.1) is 0 Å². The SMILES string of the molecule is COc1ccc2nc(C(=O)N3CCC(Oc4ccc(Cl)cc4)CC3)ccc2c1. The number of ether oxygens (including phenoxy) is 2. The summed E-state index contributed by atoms with van der Waals surface area (Å²) in [5.74, 6) is 1.54. The van der Waals surface area contributed by atoms with Crippen molar-refractivity contribution in [3.05, 3.63) is 65.3 Å². The van der Waals surface area contributed by atoms with E-state index in [0.717, 1.165) is 35.2 Å². The number of piperidine rings is 1. The van der Waals surface area contributed by atoms with E-state index in [1.165, 1.54) is 0 Å². The maximum absolute atomic E-state index is 12.9. The van der Waals surface area contributed by atoms with E-state index >= 15 is 0 Å². The molecular weight excluding hydrogens is 376 g/mol. The number of carbonyl (C=O) groups excluding carboxylic acids is 1. The standard InChI is InChI=1S/C22H21ClN2O3/c1-27-19-7-9-20-15(14-19)2-8-21(24-20)22(26)25-12-10-18(11-13-25)28-17-5-3-16(23)4-6-17/h2-9,14,18H,10-13H2,1H3. The number of hydrogen-bond acceptors (Lipinski definition) is 4. The van der Waals surface area contributed by atoms with Crippen molar-refractivity contribution in [3.8, 4) is 11.5 Å². The monoisotopic (exact) mass is 396 g/mol. The lowest BCUT2D eigenvalue weighted by Gasteiger charge is -2.32. The molecule has 0 unspecified atom stereocenters. The molecule has 0 aliphatic carbocycles. The smallest absolute Gasteiger partial charge is 0.272 e. The summed E-state index contributed by atoms with van der Waals surface area (Å²) in [7, 11) is 1.63. The average molecular weight is 397 g/mol. The summed E-state index contributed by atoms with van der Waals surface area (Å²) in [5, 5.41) is 1.64. The maximum atomic E-state index is 12.9. The predicted octanol–water partition coefficient (Wildman–Crippen LogP) is 4.58. The van der Waals surface area contributed by atoms with Gasteiger partial charge in [-0.25, -0.2) is 4.98 Å². The van der Waals surface area contributed by atoms with Crippen molar-refractivity contribution in [1.29, 1.82) is 0 Å². The Labute approximate surface area is 168 Å². The molecule has 4 rings (SSSR count). The molecule has 0 atom stereocenters. The predicted molar refractivity (Wildman–Crippen MR) is 109 cm³/mol. The van der Waals surface area contributed by atoms with E-state index in [0.29, 0.717) is 23.8 Å². The highest BCUT2D eigenvalue weighted by Gasteiger charge is 2.25. The molecule has 6 heteroatoms. The number of hydrogen-bond donors (Lipinski definition) is 0. The number of likely N-dealkylation sites (tertiary alicyclic amines) is 1. The summed E-state index contributed by atoms with van der Waals surface area (Å²) in [6, 6.07) is 16.7. The van der Waals surface area contributed by atoms with Crippen LogP contribution in [0.4, 0.5) is 0 Å². The van der Waals surface area contributed by atoms with E-state index in [4.69, 9.17) is 21.1 Å². The first kappa shape index (κ1) is 18.6. The van der Waals surface area contributed by atoms with Gasteiger partial charge in [0.1, 0.15) is 23.3 Å². The van der Waals surface area contributed by atoms with Gasteiger partial charge in [0.15, 0.2) is 0 Å². The van der Waals surface area contributed by atoms with Crippen LogP contribution in [-0.4, -0.2) is 42.1 Å². The summed E-state index contributed by atoms with van der Waals surface area (Å²) in [6.45, 7) is 1.30. The van der Waals surface area contributed by atoms with Gasteiger partial charge < -0.3 is 14.4 Å². The molecule has 1 aliphatic heterocycles. The number of carbonyl (C=O) groups is 1. The van der Waals surface area contributed by atoms with Crippen molar-refractivity contribution in [2.24, 2.45) is 0 Å². The fourth-order valence-electron chi connectivity index (χ4n) is 3.39. The van der Waals surface area contributed by atoms with E-state index in [1.54, 1.807) is 13.2 Å². The first-order valence-corrected chi connectivity index (χ1v) is 9.66. The van der Waals surface area contributed by atoms with Crippen molar-refractivity contribution in [3.63, 3.8) is 0 Å². The number of methoxy groups -OCH3 is 1. The van der Waals surface area contributed by atoms with Crippen LogP contribution in [0.1, 0.15) is 23.3 Å². The molecular formula is C22H21ClN2O3. The van der Waals surface area contributed by atoms with Gasteiger partial charge in [0.05, 0.1) is 12.6 Å². The molecule has 0 spiro atoms. The summed E-state index contributed by atoms with van der Waals surface area (Å²) >= 11 is 5.91. The van der Waals surface area contributed by atoms with Gasteiger partial charge in [-0.1, -0.05) is 17.7 Å². The number of amides is 1. The number of halogens is 1. The Kier molecular flexibility index (Phi) is 5.35. The van der Waals surface area contributed by atoms with Crippen LogP contribution in [0.25, 0.3) is 10.9 Å². The van der Waals surface area contributed by atoms with Crippen LogP contribution >= 0.6 is 11.6 Å². The fourth-order valence-corrected chi connectivity index (χ4v) is 3.52. The van der Waals surface area contributed by atoms with Crippen LogP contribution in [0.5, 0.6) is 11.5 Å². The van der Waals surface area contributed by atoms with Crippen molar-refractivity contribution < 1.29 is 14.3 Å². The summed E-state index contributed by atoms with van der Waals surface area (Å²) in [6.07, 6.45) is 1.68. The number of pyridine rings is 1. The first-order valence-electron chi connectivity index (χ1n) is 9.29. The third-order valence-electron chi connectivity index (χ3n) is 4.96. The highest BCUT2D eigenvalue weighted by atomic mass is 35.5. The van der Waals surface area contributed by atoms with Crippen LogP contribution < -0.4 is 9.47 Å². The van der Waals surface area contributed by atoms with E-state index in [9.17, 15) is 4.79 Å². The van der Waals surface area contributed by atoms with E-state index < -0.39 is 0 Å². The molecule has 144 valence electrons. The molecule has 0 N–H and O–H groups in total. The van der Waals surface area contributed by atoms with Crippen LogP contribution in [0.2, 0.25) is 5.02 Å². The molecule has 1 saturated heterocycles. The Bertz CT molecular complexity index is 983. The number of rotatable bonds is 4. The quantitative estimate of drug-likeness (QED) is 0.647. The molecule has 2 heterocycles. The van der Waals surface area contributed by atoms with Gasteiger partial charge in [-0.05, 0) is 48.5 Å². The lowest BCUT2D eigenvalue weighted by molar-refractivity contribution is 0.0590. The third-order valence-corrected chi connectivity index (χ3v) is 5.21. The van der Waals surface area contributed by atoms with Gasteiger partial charge in [-0.2, -0.15) is 0 Å². The Morgan fingerprint density at radius 1 is 1.04 bits per heavy atom. The number of benzene rings is 2. The number of fused-ring (bicyclic) bond motifs is 1. The largest absolute Gasteiger partial charge is 0.497 e. The van der Waals surface area contributed by atoms with Crippen molar-refractivity contribution in [2.45, 2.75) is 18.9 Å². The minimum atomic E-state index is -0.0392. The second-order valence-electron chi connectivity index (χ2n) is 6.82. The average Bonchev–Trinajstić information content (AvgIpc) is 2.74. The molecule has 1 aliphatic rings. The minimum Gasteiger partial charge on any atom is -0.497 e. The Balaban J connectivity index is 1.39. The van der Waals surface area contributed by atoms with Crippen LogP contribution in [0.15, 0.2) is 54.6 Å². The lowest BCUT2D eigenvalue weighted by Crippen LogP contribution is -2.42. The number of aromatic nitrogens is 1. The summed E-state index contributed by atoms with van der Waals surface area (Å²) in [4.78, 5) is 19.2. The van der Waals surface area contributed by atoms with Gasteiger partial charge in [-0.15, -0.1) is 0 Å². The topological polar surface area (TPSA) is 51.7 Å². The van der Waals surface area contributed by atoms with Gasteiger partial charge in [0, 0.05) is 36.3 Å². The van der Waals surface area contributed by atoms with Gasteiger partial charge in [0.25, 0.3) is 5.91 Å². The summed E-state index contributed by atoms with van der Waals surface area (Å²) < 4.78 is 11.2. The lowest BCUT2D eigenvalue weighted by atomic mass is 10.1. The maximum Gasteiger partial charge on any atom is 0.272 e. The molecule has 3 aromatic rings. The molecule has 0 saturated carbocycles. The highest BCUT2D eigenvalue weighted by molar-refractivity contribution is 6.30. The molecule has 5 nitrogen and oxygen atoms in total. The normalized spacial score (nSPS) is 14.9. The van der Waals surface area contributed by atoms with E-state index in [1.807, 2.05) is 53.4 Å². The molecule has 2 aromatic carbocycles. The van der Waals surface area contributed by atoms with E-state index in [2.05, 4.69) is 4.98 Å². The minimum absolute atomic E-state index is 0.0392. The van der Waals surface area contributed by atoms with Crippen LogP contribution in [-0.2, 0) is 0 Å². The molecule has 1 aromatic heterocycles. The fraction of sp³-hybridized carbons (Fsp3) is 0.273. The van der Waals surface area contributed by atoms with Crippen molar-refractivity contribution in [2.75, 3.05) is 20.2 Å². The molecule has 1 fully saturated rings. The van der Waals surface area contributed by atoms with E-state index in [-0.39, 0.29) is 12.0 Å². The molecule has 0 radical (unpaired) electrons. The second-order valence-corrected chi connectivity index (χ2v) is 7.25. The molecule has 28 heavy (non-hydrogen) atoms. The zero-order valence-electron chi connectivity index (χ0n) is 15.6. The Hall–Kier alpha value is -2.79. The Morgan fingerprint density at radius 2 is 1.75 bits per heavy atom. The van der Waals surface area contributed by atoms with Crippen molar-refractivity contribution >= 4 is 28.4 Å². The zero-order valence-corrected chi connectivity index (χ0v) is 16.4. The highest BCUT2D eigenvalue weighted by Crippen LogP contribution is 2.23. The summed E-state index contributed by atoms with van der Waals surface area (Å²) in [5.41, 5.74) is 1.25. The molecule has 0 bridgehead atoms. The molecule has 1 amide bonds. The second kappa shape index (κ2) is 8.07.